The lowest BCUT2D eigenvalue weighted by molar-refractivity contribution is -0.130. The summed E-state index contributed by atoms with van der Waals surface area (Å²) in [5.41, 5.74) is 0. The van der Waals surface area contributed by atoms with E-state index in [-0.39, 0.29) is 24.0 Å². The minimum absolute atomic E-state index is 0.0125. The van der Waals surface area contributed by atoms with Gasteiger partial charge in [-0.1, -0.05) is 13.3 Å². The first kappa shape index (κ1) is 9.49. The van der Waals surface area contributed by atoms with Crippen molar-refractivity contribution in [2.75, 3.05) is 0 Å². The van der Waals surface area contributed by atoms with Crippen molar-refractivity contribution in [1.29, 1.82) is 0 Å². The summed E-state index contributed by atoms with van der Waals surface area (Å²) in [5.74, 6) is -0.0125. The summed E-state index contributed by atoms with van der Waals surface area (Å²) in [4.78, 5) is 24.7. The van der Waals surface area contributed by atoms with Crippen LogP contribution >= 0.6 is 0 Å². The van der Waals surface area contributed by atoms with E-state index in [2.05, 4.69) is 5.32 Å². The molecular weight excluding hydrogens is 180 g/mol. The van der Waals surface area contributed by atoms with Crippen molar-refractivity contribution in [1.82, 2.24) is 10.2 Å². The van der Waals surface area contributed by atoms with Crippen LogP contribution in [0.3, 0.4) is 0 Å². The molecule has 2 fully saturated rings. The van der Waals surface area contributed by atoms with Crippen LogP contribution in [-0.4, -0.2) is 28.9 Å². The van der Waals surface area contributed by atoms with Gasteiger partial charge < -0.3 is 5.32 Å². The Morgan fingerprint density at radius 1 is 1.43 bits per heavy atom. The first-order valence-corrected chi connectivity index (χ1v) is 5.37. The van der Waals surface area contributed by atoms with E-state index in [1.807, 2.05) is 6.92 Å². The van der Waals surface area contributed by atoms with E-state index in [4.69, 9.17) is 0 Å². The predicted octanol–water partition coefficient (Wildman–Crippen LogP) is 1.26. The van der Waals surface area contributed by atoms with Crippen LogP contribution < -0.4 is 5.32 Å². The molecule has 2 rings (SSSR count). The maximum atomic E-state index is 11.8. The second kappa shape index (κ2) is 3.59. The Hall–Kier alpha value is -1.06. The van der Waals surface area contributed by atoms with E-state index >= 15 is 0 Å². The predicted molar refractivity (Wildman–Crippen MR) is 51.7 cm³/mol. The van der Waals surface area contributed by atoms with Crippen LogP contribution in [0.2, 0.25) is 0 Å². The van der Waals surface area contributed by atoms with E-state index in [0.29, 0.717) is 0 Å². The first-order chi connectivity index (χ1) is 6.74. The van der Waals surface area contributed by atoms with Crippen molar-refractivity contribution in [3.8, 4) is 0 Å². The fraction of sp³-hybridized carbons (Fsp3) is 0.800. The summed E-state index contributed by atoms with van der Waals surface area (Å²) < 4.78 is 0. The minimum atomic E-state index is -0.256. The van der Waals surface area contributed by atoms with E-state index in [0.717, 1.165) is 32.1 Å². The minimum Gasteiger partial charge on any atom is -0.326 e. The molecule has 0 aromatic carbocycles. The van der Waals surface area contributed by atoms with Crippen molar-refractivity contribution < 1.29 is 9.59 Å². The zero-order chi connectivity index (χ0) is 10.1. The lowest BCUT2D eigenvalue weighted by atomic mass is 9.91. The second-order valence-corrected chi connectivity index (χ2v) is 4.08. The van der Waals surface area contributed by atoms with E-state index in [1.165, 1.54) is 4.90 Å². The molecule has 3 amide bonds. The van der Waals surface area contributed by atoms with Crippen molar-refractivity contribution in [3.63, 3.8) is 0 Å². The van der Waals surface area contributed by atoms with Gasteiger partial charge >= 0.3 is 6.03 Å². The SMILES string of the molecule is CCCC1NC(=O)N(C2CCC2)C1=O. The Balaban J connectivity index is 2.03. The summed E-state index contributed by atoms with van der Waals surface area (Å²) in [7, 11) is 0. The highest BCUT2D eigenvalue weighted by molar-refractivity contribution is 6.04. The van der Waals surface area contributed by atoms with Crippen LogP contribution in [0, 0.1) is 0 Å². The van der Waals surface area contributed by atoms with Gasteiger partial charge in [-0.3, -0.25) is 9.69 Å². The largest absolute Gasteiger partial charge is 0.326 e. The average molecular weight is 196 g/mol. The zero-order valence-corrected chi connectivity index (χ0v) is 8.45. The van der Waals surface area contributed by atoms with Crippen LogP contribution in [0.15, 0.2) is 0 Å². The number of rotatable bonds is 3. The van der Waals surface area contributed by atoms with Crippen molar-refractivity contribution in [3.05, 3.63) is 0 Å². The Bertz CT molecular complexity index is 261. The number of amides is 3. The van der Waals surface area contributed by atoms with E-state index in [9.17, 15) is 9.59 Å². The van der Waals surface area contributed by atoms with Crippen LogP contribution in [-0.2, 0) is 4.79 Å². The molecule has 0 bridgehead atoms. The topological polar surface area (TPSA) is 49.4 Å². The van der Waals surface area contributed by atoms with Crippen molar-refractivity contribution in [2.24, 2.45) is 0 Å². The molecule has 0 spiro atoms. The van der Waals surface area contributed by atoms with Crippen molar-refractivity contribution in [2.45, 2.75) is 51.1 Å². The first-order valence-electron chi connectivity index (χ1n) is 5.37. The van der Waals surface area contributed by atoms with Gasteiger partial charge in [-0.15, -0.1) is 0 Å². The Morgan fingerprint density at radius 2 is 2.14 bits per heavy atom. The summed E-state index contributed by atoms with van der Waals surface area (Å²) in [6.07, 6.45) is 4.79. The third kappa shape index (κ3) is 1.38. The highest BCUT2D eigenvalue weighted by Crippen LogP contribution is 2.28. The zero-order valence-electron chi connectivity index (χ0n) is 8.45. The molecule has 2 aliphatic rings. The number of imide groups is 1. The molecule has 0 radical (unpaired) electrons. The molecule has 1 aliphatic carbocycles. The molecule has 0 aromatic rings. The molecular formula is C10H16N2O2. The Labute approximate surface area is 83.6 Å². The number of nitrogens with zero attached hydrogens (tertiary/aromatic N) is 1. The third-order valence-electron chi connectivity index (χ3n) is 3.07. The smallest absolute Gasteiger partial charge is 0.325 e. The number of carbonyl (C=O) groups excluding carboxylic acids is 2. The molecule has 78 valence electrons. The highest BCUT2D eigenvalue weighted by atomic mass is 16.2. The van der Waals surface area contributed by atoms with Crippen LogP contribution in [0.5, 0.6) is 0 Å². The molecule has 1 aliphatic heterocycles. The molecule has 1 saturated heterocycles. The maximum Gasteiger partial charge on any atom is 0.325 e. The summed E-state index contributed by atoms with van der Waals surface area (Å²) in [6, 6.07) is -0.254. The van der Waals surface area contributed by atoms with E-state index < -0.39 is 0 Å². The fourth-order valence-corrected chi connectivity index (χ4v) is 2.02. The molecule has 1 atom stereocenters. The second-order valence-electron chi connectivity index (χ2n) is 4.08. The lowest BCUT2D eigenvalue weighted by Gasteiger charge is -2.32. The molecule has 4 heteroatoms. The Kier molecular flexibility index (Phi) is 2.44. The Morgan fingerprint density at radius 3 is 2.64 bits per heavy atom. The summed E-state index contributed by atoms with van der Waals surface area (Å²) in [5, 5.41) is 2.74. The molecule has 4 nitrogen and oxygen atoms in total. The van der Waals surface area contributed by atoms with Gasteiger partial charge in [0.1, 0.15) is 6.04 Å². The van der Waals surface area contributed by atoms with Crippen LogP contribution in [0.25, 0.3) is 0 Å². The summed E-state index contributed by atoms with van der Waals surface area (Å²) in [6.45, 7) is 2.02. The number of nitrogens with one attached hydrogen (secondary N) is 1. The maximum absolute atomic E-state index is 11.8. The summed E-state index contributed by atoms with van der Waals surface area (Å²) >= 11 is 0. The normalized spacial score (nSPS) is 27.8. The average Bonchev–Trinajstić information content (AvgIpc) is 2.31. The van der Waals surface area contributed by atoms with Crippen molar-refractivity contribution >= 4 is 11.9 Å². The number of carbonyl (C=O) groups is 2. The molecule has 14 heavy (non-hydrogen) atoms. The van der Waals surface area contributed by atoms with Gasteiger partial charge in [0.05, 0.1) is 0 Å². The van der Waals surface area contributed by atoms with E-state index in [1.54, 1.807) is 0 Å². The standard InChI is InChI=1S/C10H16N2O2/c1-2-4-8-9(13)12(10(14)11-8)7-5-3-6-7/h7-8H,2-6H2,1H3,(H,11,14). The van der Waals surface area contributed by atoms with Gasteiger partial charge in [0, 0.05) is 6.04 Å². The number of hydrogen-bond acceptors (Lipinski definition) is 2. The van der Waals surface area contributed by atoms with Gasteiger partial charge in [0.25, 0.3) is 5.91 Å². The van der Waals surface area contributed by atoms with Crippen LogP contribution in [0.4, 0.5) is 4.79 Å². The molecule has 0 aromatic heterocycles. The quantitative estimate of drug-likeness (QED) is 0.691. The van der Waals surface area contributed by atoms with Gasteiger partial charge in [-0.05, 0) is 25.7 Å². The molecule has 1 saturated carbocycles. The molecule has 1 N–H and O–H groups in total. The number of hydrogen-bond donors (Lipinski definition) is 1. The fourth-order valence-electron chi connectivity index (χ4n) is 2.02. The van der Waals surface area contributed by atoms with Crippen LogP contribution in [0.1, 0.15) is 39.0 Å². The third-order valence-corrected chi connectivity index (χ3v) is 3.07. The van der Waals surface area contributed by atoms with Gasteiger partial charge in [0.15, 0.2) is 0 Å². The monoisotopic (exact) mass is 196 g/mol. The molecule has 1 unspecified atom stereocenters. The van der Waals surface area contributed by atoms with Gasteiger partial charge in [-0.2, -0.15) is 0 Å². The highest BCUT2D eigenvalue weighted by Gasteiger charge is 2.42. The lowest BCUT2D eigenvalue weighted by Crippen LogP contribution is -2.44. The van der Waals surface area contributed by atoms with Gasteiger partial charge in [0.2, 0.25) is 0 Å². The molecule has 1 heterocycles. The van der Waals surface area contributed by atoms with Gasteiger partial charge in [-0.25, -0.2) is 4.79 Å². The number of urea groups is 1.